The van der Waals surface area contributed by atoms with E-state index in [-0.39, 0.29) is 23.6 Å². The zero-order valence-electron chi connectivity index (χ0n) is 10.8. The number of rotatable bonds is 5. The van der Waals surface area contributed by atoms with Crippen molar-refractivity contribution in [3.63, 3.8) is 0 Å². The SMILES string of the molecule is CC(=O)OC(C)COC(C)CC(C)(C)C. The topological polar surface area (TPSA) is 35.5 Å². The van der Waals surface area contributed by atoms with Crippen LogP contribution in [0.4, 0.5) is 0 Å². The highest BCUT2D eigenvalue weighted by Crippen LogP contribution is 2.22. The number of ether oxygens (including phenoxy) is 2. The smallest absolute Gasteiger partial charge is 0.302 e. The average Bonchev–Trinajstić information content (AvgIpc) is 1.96. The Balaban J connectivity index is 3.71. The van der Waals surface area contributed by atoms with Gasteiger partial charge in [-0.05, 0) is 25.7 Å². The van der Waals surface area contributed by atoms with Crippen LogP contribution in [0.25, 0.3) is 0 Å². The lowest BCUT2D eigenvalue weighted by Crippen LogP contribution is -2.24. The first-order chi connectivity index (χ1) is 6.70. The highest BCUT2D eigenvalue weighted by atomic mass is 16.6. The van der Waals surface area contributed by atoms with E-state index in [0.717, 1.165) is 6.42 Å². The van der Waals surface area contributed by atoms with E-state index in [4.69, 9.17) is 9.47 Å². The van der Waals surface area contributed by atoms with E-state index in [1.807, 2.05) is 13.8 Å². The molecule has 0 fully saturated rings. The zero-order valence-corrected chi connectivity index (χ0v) is 10.8. The molecule has 0 spiro atoms. The molecule has 2 atom stereocenters. The predicted molar refractivity (Wildman–Crippen MR) is 60.7 cm³/mol. The quantitative estimate of drug-likeness (QED) is 0.663. The van der Waals surface area contributed by atoms with Crippen molar-refractivity contribution >= 4 is 5.97 Å². The van der Waals surface area contributed by atoms with Crippen LogP contribution in [0.15, 0.2) is 0 Å². The maximum atomic E-state index is 10.6. The predicted octanol–water partition coefficient (Wildman–Crippen LogP) is 2.78. The van der Waals surface area contributed by atoms with Crippen molar-refractivity contribution < 1.29 is 14.3 Å². The maximum absolute atomic E-state index is 10.6. The number of carbonyl (C=O) groups is 1. The van der Waals surface area contributed by atoms with Gasteiger partial charge in [-0.15, -0.1) is 0 Å². The zero-order chi connectivity index (χ0) is 12.1. The summed E-state index contributed by atoms with van der Waals surface area (Å²) in [7, 11) is 0. The van der Waals surface area contributed by atoms with Crippen LogP contribution in [0.3, 0.4) is 0 Å². The Labute approximate surface area is 93.1 Å². The molecule has 0 radical (unpaired) electrons. The first-order valence-electron chi connectivity index (χ1n) is 5.49. The minimum absolute atomic E-state index is 0.162. The lowest BCUT2D eigenvalue weighted by atomic mass is 9.90. The molecule has 90 valence electrons. The molecule has 0 aromatic carbocycles. The van der Waals surface area contributed by atoms with Crippen molar-refractivity contribution in [1.29, 1.82) is 0 Å². The Bertz CT molecular complexity index is 194. The monoisotopic (exact) mass is 216 g/mol. The molecule has 0 aromatic rings. The minimum atomic E-state index is -0.255. The molecule has 3 heteroatoms. The molecule has 0 rings (SSSR count). The van der Waals surface area contributed by atoms with Gasteiger partial charge in [0, 0.05) is 6.92 Å². The molecule has 0 heterocycles. The minimum Gasteiger partial charge on any atom is -0.460 e. The van der Waals surface area contributed by atoms with Gasteiger partial charge in [-0.1, -0.05) is 20.8 Å². The van der Waals surface area contributed by atoms with Crippen LogP contribution in [0, 0.1) is 5.41 Å². The van der Waals surface area contributed by atoms with Crippen molar-refractivity contribution in [3.05, 3.63) is 0 Å². The van der Waals surface area contributed by atoms with E-state index >= 15 is 0 Å². The first-order valence-corrected chi connectivity index (χ1v) is 5.49. The Kier molecular flexibility index (Phi) is 5.88. The van der Waals surface area contributed by atoms with Gasteiger partial charge >= 0.3 is 5.97 Å². The van der Waals surface area contributed by atoms with Crippen molar-refractivity contribution in [3.8, 4) is 0 Å². The summed E-state index contributed by atoms with van der Waals surface area (Å²) in [5.41, 5.74) is 0.268. The Hall–Kier alpha value is -0.570. The molecule has 2 unspecified atom stereocenters. The summed E-state index contributed by atoms with van der Waals surface area (Å²) < 4.78 is 10.6. The molecular weight excluding hydrogens is 192 g/mol. The molecule has 0 aliphatic carbocycles. The summed E-state index contributed by atoms with van der Waals surface area (Å²) in [5, 5.41) is 0. The molecule has 0 bridgehead atoms. The Morgan fingerprint density at radius 2 is 1.73 bits per heavy atom. The molecule has 0 saturated carbocycles. The van der Waals surface area contributed by atoms with Gasteiger partial charge in [0.1, 0.15) is 6.10 Å². The first kappa shape index (κ1) is 14.4. The third kappa shape index (κ3) is 9.73. The molecule has 15 heavy (non-hydrogen) atoms. The largest absolute Gasteiger partial charge is 0.460 e. The highest BCUT2D eigenvalue weighted by Gasteiger charge is 2.16. The molecule has 0 aromatic heterocycles. The van der Waals surface area contributed by atoms with Crippen molar-refractivity contribution in [1.82, 2.24) is 0 Å². The average molecular weight is 216 g/mol. The van der Waals surface area contributed by atoms with Gasteiger partial charge in [0.25, 0.3) is 0 Å². The Morgan fingerprint density at radius 3 is 2.13 bits per heavy atom. The molecular formula is C12H24O3. The summed E-state index contributed by atoms with van der Waals surface area (Å²) >= 11 is 0. The Morgan fingerprint density at radius 1 is 1.20 bits per heavy atom. The molecule has 0 N–H and O–H groups in total. The van der Waals surface area contributed by atoms with Gasteiger partial charge in [-0.25, -0.2) is 0 Å². The second-order valence-electron chi connectivity index (χ2n) is 5.33. The molecule has 3 nitrogen and oxygen atoms in total. The second kappa shape index (κ2) is 6.11. The van der Waals surface area contributed by atoms with Crippen LogP contribution in [0.2, 0.25) is 0 Å². The lowest BCUT2D eigenvalue weighted by molar-refractivity contribution is -0.149. The molecule has 0 aliphatic rings. The summed E-state index contributed by atoms with van der Waals surface area (Å²) in [6, 6.07) is 0. The van der Waals surface area contributed by atoms with Gasteiger partial charge < -0.3 is 9.47 Å². The van der Waals surface area contributed by atoms with Crippen LogP contribution in [0.1, 0.15) is 48.0 Å². The van der Waals surface area contributed by atoms with E-state index in [1.165, 1.54) is 6.92 Å². The summed E-state index contributed by atoms with van der Waals surface area (Å²) in [5.74, 6) is -0.255. The van der Waals surface area contributed by atoms with E-state index in [2.05, 4.69) is 20.8 Å². The van der Waals surface area contributed by atoms with Crippen LogP contribution in [-0.2, 0) is 14.3 Å². The van der Waals surface area contributed by atoms with Gasteiger partial charge in [-0.2, -0.15) is 0 Å². The highest BCUT2D eigenvalue weighted by molar-refractivity contribution is 5.66. The van der Waals surface area contributed by atoms with E-state index < -0.39 is 0 Å². The fourth-order valence-electron chi connectivity index (χ4n) is 1.54. The van der Waals surface area contributed by atoms with Crippen LogP contribution >= 0.6 is 0 Å². The van der Waals surface area contributed by atoms with Crippen molar-refractivity contribution in [2.24, 2.45) is 5.41 Å². The number of esters is 1. The van der Waals surface area contributed by atoms with E-state index in [9.17, 15) is 4.79 Å². The van der Waals surface area contributed by atoms with Crippen LogP contribution in [0.5, 0.6) is 0 Å². The normalized spacial score (nSPS) is 15.9. The van der Waals surface area contributed by atoms with Gasteiger partial charge in [0.05, 0.1) is 12.7 Å². The fourth-order valence-corrected chi connectivity index (χ4v) is 1.54. The maximum Gasteiger partial charge on any atom is 0.302 e. The number of hydrogen-bond acceptors (Lipinski definition) is 3. The van der Waals surface area contributed by atoms with Gasteiger partial charge in [0.2, 0.25) is 0 Å². The summed E-state index contributed by atoms with van der Waals surface area (Å²) in [6.45, 7) is 12.3. The van der Waals surface area contributed by atoms with Crippen LogP contribution < -0.4 is 0 Å². The number of hydrogen-bond donors (Lipinski definition) is 0. The van der Waals surface area contributed by atoms with Crippen molar-refractivity contribution in [2.45, 2.75) is 60.2 Å². The van der Waals surface area contributed by atoms with Crippen molar-refractivity contribution in [2.75, 3.05) is 6.61 Å². The number of carbonyl (C=O) groups excluding carboxylic acids is 1. The lowest BCUT2D eigenvalue weighted by Gasteiger charge is -2.24. The molecule has 0 saturated heterocycles. The molecule has 0 amide bonds. The van der Waals surface area contributed by atoms with E-state index in [1.54, 1.807) is 0 Å². The third-order valence-corrected chi connectivity index (χ3v) is 1.88. The van der Waals surface area contributed by atoms with Gasteiger partial charge in [0.15, 0.2) is 0 Å². The van der Waals surface area contributed by atoms with Gasteiger partial charge in [-0.3, -0.25) is 4.79 Å². The summed E-state index contributed by atoms with van der Waals surface area (Å²) in [6.07, 6.45) is 1.03. The second-order valence-corrected chi connectivity index (χ2v) is 5.33. The third-order valence-electron chi connectivity index (χ3n) is 1.88. The van der Waals surface area contributed by atoms with Crippen LogP contribution in [-0.4, -0.2) is 24.8 Å². The fraction of sp³-hybridized carbons (Fsp3) is 0.917. The molecule has 0 aliphatic heterocycles. The van der Waals surface area contributed by atoms with E-state index in [0.29, 0.717) is 6.61 Å². The summed E-state index contributed by atoms with van der Waals surface area (Å²) in [4.78, 5) is 10.6. The standard InChI is InChI=1S/C12H24O3/c1-9(7-12(4,5)6)14-8-10(2)15-11(3)13/h9-10H,7-8H2,1-6H3.